The minimum absolute atomic E-state index is 0.417. The Balaban J connectivity index is 2.75. The summed E-state index contributed by atoms with van der Waals surface area (Å²) >= 11 is 0. The molecule has 1 amide bonds. The van der Waals surface area contributed by atoms with Crippen LogP contribution in [0.15, 0.2) is 30.3 Å². The third-order valence-corrected chi connectivity index (χ3v) is 1.83. The van der Waals surface area contributed by atoms with Crippen LogP contribution in [0.5, 0.6) is 0 Å². The molecule has 1 rings (SSSR count). The van der Waals surface area contributed by atoms with Crippen molar-refractivity contribution in [2.45, 2.75) is 13.3 Å². The van der Waals surface area contributed by atoms with Crippen molar-refractivity contribution >= 4 is 12.0 Å². The highest BCUT2D eigenvalue weighted by Crippen LogP contribution is 2.06. The first kappa shape index (κ1) is 9.52. The van der Waals surface area contributed by atoms with Gasteiger partial charge < -0.3 is 5.73 Å². The molecule has 0 atom stereocenters. The maximum atomic E-state index is 10.4. The van der Waals surface area contributed by atoms with Crippen LogP contribution >= 0.6 is 0 Å². The van der Waals surface area contributed by atoms with Crippen LogP contribution in [0.25, 0.3) is 6.08 Å². The van der Waals surface area contributed by atoms with Gasteiger partial charge in [-0.3, -0.25) is 4.79 Å². The molecule has 2 nitrogen and oxygen atoms in total. The molecule has 1 aromatic carbocycles. The van der Waals surface area contributed by atoms with E-state index in [0.29, 0.717) is 0 Å². The van der Waals surface area contributed by atoms with E-state index in [4.69, 9.17) is 5.73 Å². The molecule has 0 bridgehead atoms. The standard InChI is InChI=1S/C11H13NO/c1-2-9-3-5-10(6-4-9)7-8-11(12)13/h3-8H,2H2,1H3,(H2,12,13). The molecule has 0 aliphatic carbocycles. The van der Waals surface area contributed by atoms with Crippen molar-refractivity contribution in [3.05, 3.63) is 41.5 Å². The number of carbonyl (C=O) groups excluding carboxylic acids is 1. The van der Waals surface area contributed by atoms with Gasteiger partial charge in [0.25, 0.3) is 0 Å². The normalized spacial score (nSPS) is 10.5. The Morgan fingerprint density at radius 1 is 1.38 bits per heavy atom. The van der Waals surface area contributed by atoms with Crippen molar-refractivity contribution < 1.29 is 4.79 Å². The first-order valence-electron chi connectivity index (χ1n) is 4.29. The first-order valence-corrected chi connectivity index (χ1v) is 4.29. The molecule has 0 saturated carbocycles. The highest BCUT2D eigenvalue weighted by atomic mass is 16.1. The minimum atomic E-state index is -0.417. The molecule has 0 saturated heterocycles. The molecule has 0 fully saturated rings. The summed E-state index contributed by atoms with van der Waals surface area (Å²) in [7, 11) is 0. The lowest BCUT2D eigenvalue weighted by Crippen LogP contribution is -2.05. The van der Waals surface area contributed by atoms with Crippen LogP contribution in [0, 0.1) is 0 Å². The predicted molar refractivity (Wildman–Crippen MR) is 54.0 cm³/mol. The molecular formula is C11H13NO. The van der Waals surface area contributed by atoms with E-state index in [1.54, 1.807) is 6.08 Å². The summed E-state index contributed by atoms with van der Waals surface area (Å²) in [5.41, 5.74) is 7.26. The number of carbonyl (C=O) groups is 1. The van der Waals surface area contributed by atoms with Gasteiger partial charge >= 0.3 is 0 Å². The van der Waals surface area contributed by atoms with E-state index >= 15 is 0 Å². The molecule has 0 heterocycles. The third-order valence-electron chi connectivity index (χ3n) is 1.83. The number of rotatable bonds is 3. The fourth-order valence-electron chi connectivity index (χ4n) is 1.04. The highest BCUT2D eigenvalue weighted by molar-refractivity contribution is 5.90. The second-order valence-electron chi connectivity index (χ2n) is 2.83. The second kappa shape index (κ2) is 4.45. The zero-order valence-corrected chi connectivity index (χ0v) is 7.66. The van der Waals surface area contributed by atoms with Crippen LogP contribution in [-0.4, -0.2) is 5.91 Å². The molecule has 0 aromatic heterocycles. The van der Waals surface area contributed by atoms with Gasteiger partial charge in [-0.2, -0.15) is 0 Å². The average Bonchev–Trinajstić information content (AvgIpc) is 2.15. The van der Waals surface area contributed by atoms with Gasteiger partial charge in [0, 0.05) is 6.08 Å². The summed E-state index contributed by atoms with van der Waals surface area (Å²) in [6.07, 6.45) is 4.10. The topological polar surface area (TPSA) is 43.1 Å². The molecule has 0 radical (unpaired) electrons. The van der Waals surface area contributed by atoms with Gasteiger partial charge in [0.15, 0.2) is 0 Å². The van der Waals surface area contributed by atoms with Gasteiger partial charge in [0.1, 0.15) is 0 Å². The van der Waals surface area contributed by atoms with E-state index in [9.17, 15) is 4.79 Å². The van der Waals surface area contributed by atoms with Crippen molar-refractivity contribution in [1.29, 1.82) is 0 Å². The summed E-state index contributed by atoms with van der Waals surface area (Å²) in [4.78, 5) is 10.4. The van der Waals surface area contributed by atoms with E-state index in [0.717, 1.165) is 12.0 Å². The fraction of sp³-hybridized carbons (Fsp3) is 0.182. The summed E-state index contributed by atoms with van der Waals surface area (Å²) in [6.45, 7) is 2.11. The molecule has 0 unspecified atom stereocenters. The monoisotopic (exact) mass is 175 g/mol. The molecule has 1 aromatic rings. The van der Waals surface area contributed by atoms with E-state index in [1.165, 1.54) is 11.6 Å². The lowest BCUT2D eigenvalue weighted by atomic mass is 10.1. The van der Waals surface area contributed by atoms with Crippen LogP contribution in [0.3, 0.4) is 0 Å². The Bertz CT molecular complexity index is 311. The van der Waals surface area contributed by atoms with Crippen molar-refractivity contribution in [1.82, 2.24) is 0 Å². The zero-order valence-electron chi connectivity index (χ0n) is 7.66. The Morgan fingerprint density at radius 3 is 2.46 bits per heavy atom. The zero-order chi connectivity index (χ0) is 9.68. The van der Waals surface area contributed by atoms with Crippen molar-refractivity contribution in [3.63, 3.8) is 0 Å². The van der Waals surface area contributed by atoms with Crippen LogP contribution in [0.1, 0.15) is 18.1 Å². The van der Waals surface area contributed by atoms with Gasteiger partial charge in [-0.15, -0.1) is 0 Å². The number of nitrogens with two attached hydrogens (primary N) is 1. The van der Waals surface area contributed by atoms with Crippen LogP contribution in [-0.2, 0) is 11.2 Å². The summed E-state index contributed by atoms with van der Waals surface area (Å²) in [5.74, 6) is -0.417. The van der Waals surface area contributed by atoms with Crippen LogP contribution < -0.4 is 5.73 Å². The summed E-state index contributed by atoms with van der Waals surface area (Å²) in [5, 5.41) is 0. The quantitative estimate of drug-likeness (QED) is 0.699. The molecule has 0 spiro atoms. The maximum Gasteiger partial charge on any atom is 0.241 e. The molecule has 0 aliphatic heterocycles. The molecule has 0 aliphatic rings. The van der Waals surface area contributed by atoms with Gasteiger partial charge in [-0.05, 0) is 23.6 Å². The molecule has 68 valence electrons. The SMILES string of the molecule is CCc1ccc(C=CC(N)=O)cc1. The van der Waals surface area contributed by atoms with Crippen LogP contribution in [0.4, 0.5) is 0 Å². The summed E-state index contributed by atoms with van der Waals surface area (Å²) < 4.78 is 0. The Hall–Kier alpha value is -1.57. The number of aryl methyl sites for hydroxylation is 1. The Kier molecular flexibility index (Phi) is 3.26. The Morgan fingerprint density at radius 2 is 2.00 bits per heavy atom. The number of hydrogen-bond acceptors (Lipinski definition) is 1. The predicted octanol–water partition coefficient (Wildman–Crippen LogP) is 1.75. The number of primary amides is 1. The van der Waals surface area contributed by atoms with Gasteiger partial charge in [0.05, 0.1) is 0 Å². The number of amides is 1. The smallest absolute Gasteiger partial charge is 0.241 e. The van der Waals surface area contributed by atoms with E-state index in [-0.39, 0.29) is 0 Å². The molecule has 2 N–H and O–H groups in total. The highest BCUT2D eigenvalue weighted by Gasteiger charge is 1.89. The third kappa shape index (κ3) is 3.11. The van der Waals surface area contributed by atoms with Gasteiger partial charge in [-0.1, -0.05) is 31.2 Å². The van der Waals surface area contributed by atoms with E-state index in [1.807, 2.05) is 24.3 Å². The van der Waals surface area contributed by atoms with Gasteiger partial charge in [0.2, 0.25) is 5.91 Å². The largest absolute Gasteiger partial charge is 0.366 e. The van der Waals surface area contributed by atoms with E-state index < -0.39 is 5.91 Å². The minimum Gasteiger partial charge on any atom is -0.366 e. The average molecular weight is 175 g/mol. The Labute approximate surface area is 78.1 Å². The van der Waals surface area contributed by atoms with Gasteiger partial charge in [-0.25, -0.2) is 0 Å². The fourth-order valence-corrected chi connectivity index (χ4v) is 1.04. The number of benzene rings is 1. The molecule has 2 heteroatoms. The molecular weight excluding hydrogens is 162 g/mol. The van der Waals surface area contributed by atoms with Crippen molar-refractivity contribution in [2.75, 3.05) is 0 Å². The molecule has 13 heavy (non-hydrogen) atoms. The summed E-state index contributed by atoms with van der Waals surface area (Å²) in [6, 6.07) is 8.03. The van der Waals surface area contributed by atoms with E-state index in [2.05, 4.69) is 6.92 Å². The second-order valence-corrected chi connectivity index (χ2v) is 2.83. The van der Waals surface area contributed by atoms with Crippen molar-refractivity contribution in [3.8, 4) is 0 Å². The maximum absolute atomic E-state index is 10.4. The first-order chi connectivity index (χ1) is 6.22. The van der Waals surface area contributed by atoms with Crippen molar-refractivity contribution in [2.24, 2.45) is 5.73 Å². The van der Waals surface area contributed by atoms with Crippen LogP contribution in [0.2, 0.25) is 0 Å². The lowest BCUT2D eigenvalue weighted by Gasteiger charge is -1.96. The lowest BCUT2D eigenvalue weighted by molar-refractivity contribution is -0.113. The number of hydrogen-bond donors (Lipinski definition) is 1.